The summed E-state index contributed by atoms with van der Waals surface area (Å²) < 4.78 is 7.07. The smallest absolute Gasteiger partial charge is 0.503 e. The molecule has 0 bridgehead atoms. The molecule has 10 rings (SSSR count). The Bertz CT molecular complexity index is 3300. The van der Waals surface area contributed by atoms with Crippen LogP contribution < -0.4 is 9.64 Å². The average Bonchev–Trinajstić information content (AvgIpc) is 3.32. The average molecular weight is 1100 g/mol. The molecule has 2 aromatic heterocycles. The first kappa shape index (κ1) is 48.4. The van der Waals surface area contributed by atoms with Gasteiger partial charge in [0, 0.05) is 29.6 Å². The Hall–Kier alpha value is -6.61. The van der Waals surface area contributed by atoms with Crippen molar-refractivity contribution in [2.24, 2.45) is 0 Å². The largest absolute Gasteiger partial charge is 2.00 e. The molecule has 1 aliphatic rings. The van der Waals surface area contributed by atoms with Crippen molar-refractivity contribution in [1.82, 2.24) is 9.97 Å². The SMILES string of the molecule is Cc1cccc(C)c1-c1cc(Oc2[c-]c(C3(c4ccccn4)c4cc(C(C)(C)C)ccc4N(c4ccc(C(C)(C)C)cc4)c4ccc(C(C)(C)C)cc43)ccc2)[c-]c(-c2cc3ccccc3cn2)c1.[Pt+2]. The Morgan fingerprint density at radius 2 is 1.10 bits per heavy atom. The molecule has 0 spiro atoms. The molecule has 0 amide bonds. The molecule has 0 saturated heterocycles. The third-order valence-electron chi connectivity index (χ3n) is 14.0. The van der Waals surface area contributed by atoms with Crippen LogP contribution in [-0.4, -0.2) is 9.97 Å². The summed E-state index contributed by atoms with van der Waals surface area (Å²) in [6.07, 6.45) is 3.86. The summed E-state index contributed by atoms with van der Waals surface area (Å²) in [5.74, 6) is 1.16. The summed E-state index contributed by atoms with van der Waals surface area (Å²) in [5, 5.41) is 2.21. The number of rotatable bonds is 7. The summed E-state index contributed by atoms with van der Waals surface area (Å²) in [5.41, 5.74) is 16.3. The Morgan fingerprint density at radius 1 is 0.514 bits per heavy atom. The minimum atomic E-state index is -0.917. The minimum Gasteiger partial charge on any atom is -0.503 e. The van der Waals surface area contributed by atoms with Gasteiger partial charge in [-0.1, -0.05) is 171 Å². The molecule has 5 heteroatoms. The number of aromatic nitrogens is 2. The van der Waals surface area contributed by atoms with Crippen molar-refractivity contribution < 1.29 is 25.8 Å². The van der Waals surface area contributed by atoms with Gasteiger partial charge in [-0.3, -0.25) is 4.98 Å². The molecule has 3 heterocycles. The zero-order chi connectivity index (χ0) is 48.5. The molecule has 0 aliphatic carbocycles. The predicted octanol–water partition coefficient (Wildman–Crippen LogP) is 17.0. The van der Waals surface area contributed by atoms with Crippen molar-refractivity contribution in [2.75, 3.05) is 4.90 Å². The molecule has 0 N–H and O–H groups in total. The topological polar surface area (TPSA) is 38.2 Å². The standard InChI is InChI=1S/C65H61N3O.Pt/c1-42-18-16-19-43(2)61(42)47-34-46(57-37-44-20-12-13-21-45(44)41-67-57)35-54(36-47)69-53-23-17-22-51(38-53)65(60-24-14-15-33-66-60)55-39-49(63(6,7)8)27-31-58(55)68(52-29-25-48(26-30-52)62(3,4)5)59-32-28-50(40-56(59)65)64(9,10)11;/h12-34,36-37,39-41H,1-11H3;/q-2;+2. The monoisotopic (exact) mass is 1090 g/mol. The predicted molar refractivity (Wildman–Crippen MR) is 287 cm³/mol. The molecule has 70 heavy (non-hydrogen) atoms. The van der Waals surface area contributed by atoms with Crippen LogP contribution in [0.15, 0.2) is 170 Å². The number of nitrogens with zero attached hydrogens (tertiary/aromatic N) is 3. The van der Waals surface area contributed by atoms with E-state index in [0.717, 1.165) is 67.0 Å². The van der Waals surface area contributed by atoms with Crippen molar-refractivity contribution in [2.45, 2.75) is 97.8 Å². The fourth-order valence-corrected chi connectivity index (χ4v) is 10.2. The van der Waals surface area contributed by atoms with Crippen LogP contribution in [0.3, 0.4) is 0 Å². The van der Waals surface area contributed by atoms with Crippen LogP contribution in [0.25, 0.3) is 33.2 Å². The van der Waals surface area contributed by atoms with E-state index in [1.165, 1.54) is 33.4 Å². The number of pyridine rings is 2. The third kappa shape index (κ3) is 8.81. The Morgan fingerprint density at radius 3 is 1.70 bits per heavy atom. The van der Waals surface area contributed by atoms with Gasteiger partial charge in [0.05, 0.1) is 22.5 Å². The maximum absolute atomic E-state index is 7.07. The zero-order valence-corrected chi connectivity index (χ0v) is 44.5. The van der Waals surface area contributed by atoms with Gasteiger partial charge < -0.3 is 14.6 Å². The second-order valence-electron chi connectivity index (χ2n) is 21.9. The molecular weight excluding hydrogens is 1030 g/mol. The van der Waals surface area contributed by atoms with E-state index in [2.05, 4.69) is 233 Å². The van der Waals surface area contributed by atoms with Crippen LogP contribution in [-0.2, 0) is 42.7 Å². The molecule has 0 radical (unpaired) electrons. The first-order valence-electron chi connectivity index (χ1n) is 24.2. The number of aryl methyl sites for hydroxylation is 2. The molecule has 0 unspecified atom stereocenters. The van der Waals surface area contributed by atoms with E-state index in [9.17, 15) is 0 Å². The second-order valence-corrected chi connectivity index (χ2v) is 21.9. The van der Waals surface area contributed by atoms with Crippen LogP contribution >= 0.6 is 0 Å². The van der Waals surface area contributed by atoms with Gasteiger partial charge in [0.25, 0.3) is 0 Å². The summed E-state index contributed by atoms with van der Waals surface area (Å²) in [6, 6.07) is 64.6. The first-order valence-corrected chi connectivity index (χ1v) is 24.2. The maximum atomic E-state index is 7.07. The van der Waals surface area contributed by atoms with Gasteiger partial charge in [-0.15, -0.1) is 29.3 Å². The van der Waals surface area contributed by atoms with Gasteiger partial charge in [-0.2, -0.15) is 12.1 Å². The number of benzene rings is 7. The quantitative estimate of drug-likeness (QED) is 0.149. The van der Waals surface area contributed by atoms with Gasteiger partial charge in [0.1, 0.15) is 0 Å². The van der Waals surface area contributed by atoms with Crippen molar-refractivity contribution >= 4 is 27.8 Å². The van der Waals surface area contributed by atoms with Gasteiger partial charge in [0.15, 0.2) is 0 Å². The molecule has 0 saturated carbocycles. The fraction of sp³-hybridized carbons (Fsp3) is 0.231. The third-order valence-corrected chi connectivity index (χ3v) is 14.0. The van der Waals surface area contributed by atoms with E-state index in [0.29, 0.717) is 11.5 Å². The number of hydrogen-bond acceptors (Lipinski definition) is 4. The first-order chi connectivity index (χ1) is 32.9. The molecule has 0 fully saturated rings. The summed E-state index contributed by atoms with van der Waals surface area (Å²) in [7, 11) is 0. The number of anilines is 3. The summed E-state index contributed by atoms with van der Waals surface area (Å²) in [6.45, 7) is 24.9. The Balaban J connectivity index is 0.00000608. The molecule has 1 aliphatic heterocycles. The van der Waals surface area contributed by atoms with Crippen LogP contribution in [0.1, 0.15) is 113 Å². The minimum absolute atomic E-state index is 0. The van der Waals surface area contributed by atoms with E-state index in [4.69, 9.17) is 14.7 Å². The molecular formula is C65H61N3OPt. The van der Waals surface area contributed by atoms with Crippen molar-refractivity contribution in [3.05, 3.63) is 232 Å². The van der Waals surface area contributed by atoms with Crippen molar-refractivity contribution in [3.8, 4) is 33.9 Å². The van der Waals surface area contributed by atoms with Gasteiger partial charge >= 0.3 is 21.1 Å². The Kier molecular flexibility index (Phi) is 12.6. The van der Waals surface area contributed by atoms with E-state index in [1.54, 1.807) is 0 Å². The van der Waals surface area contributed by atoms with Crippen LogP contribution in [0.4, 0.5) is 17.1 Å². The fourth-order valence-electron chi connectivity index (χ4n) is 10.2. The van der Waals surface area contributed by atoms with Crippen LogP contribution in [0.5, 0.6) is 11.5 Å². The molecule has 0 atom stereocenters. The van der Waals surface area contributed by atoms with Gasteiger partial charge in [0.2, 0.25) is 0 Å². The van der Waals surface area contributed by atoms with Crippen LogP contribution in [0, 0.1) is 26.0 Å². The number of ether oxygens (including phenoxy) is 1. The Labute approximate surface area is 430 Å². The number of hydrogen-bond donors (Lipinski definition) is 0. The zero-order valence-electron chi connectivity index (χ0n) is 42.2. The van der Waals surface area contributed by atoms with Crippen molar-refractivity contribution in [1.29, 1.82) is 0 Å². The maximum Gasteiger partial charge on any atom is 2.00 e. The summed E-state index contributed by atoms with van der Waals surface area (Å²) in [4.78, 5) is 12.7. The normalized spacial score (nSPS) is 13.3. The second kappa shape index (κ2) is 18.3. The molecule has 4 nitrogen and oxygen atoms in total. The van der Waals surface area contributed by atoms with Gasteiger partial charge in [-0.25, -0.2) is 0 Å². The summed E-state index contributed by atoms with van der Waals surface area (Å²) >= 11 is 0. The van der Waals surface area contributed by atoms with E-state index in [-0.39, 0.29) is 37.3 Å². The molecule has 7 aromatic carbocycles. The van der Waals surface area contributed by atoms with Gasteiger partial charge in [-0.05, 0) is 127 Å². The van der Waals surface area contributed by atoms with E-state index >= 15 is 0 Å². The molecule has 9 aromatic rings. The van der Waals surface area contributed by atoms with Crippen molar-refractivity contribution in [3.63, 3.8) is 0 Å². The van der Waals surface area contributed by atoms with E-state index < -0.39 is 5.41 Å². The number of fused-ring (bicyclic) bond motifs is 3. The molecule has 352 valence electrons. The van der Waals surface area contributed by atoms with E-state index in [1.807, 2.05) is 30.6 Å². The van der Waals surface area contributed by atoms with Crippen LogP contribution in [0.2, 0.25) is 0 Å².